The predicted octanol–water partition coefficient (Wildman–Crippen LogP) is 2.74. The number of amides is 1. The molecule has 0 aliphatic carbocycles. The first kappa shape index (κ1) is 19.4. The molecule has 0 saturated carbocycles. The molecule has 25 heavy (non-hydrogen) atoms. The molecule has 136 valence electrons. The van der Waals surface area contributed by atoms with E-state index in [1.165, 1.54) is 6.92 Å². The van der Waals surface area contributed by atoms with Crippen molar-refractivity contribution in [1.82, 2.24) is 10.0 Å². The van der Waals surface area contributed by atoms with E-state index in [9.17, 15) is 13.2 Å². The van der Waals surface area contributed by atoms with E-state index in [4.69, 9.17) is 4.74 Å². The van der Waals surface area contributed by atoms with Crippen molar-refractivity contribution < 1.29 is 17.9 Å². The van der Waals surface area contributed by atoms with Gasteiger partial charge in [-0.05, 0) is 32.0 Å². The summed E-state index contributed by atoms with van der Waals surface area (Å²) >= 11 is 1.14. The molecule has 1 amide bonds. The lowest BCUT2D eigenvalue weighted by atomic mass is 10.1. The van der Waals surface area contributed by atoms with Crippen molar-refractivity contribution in [3.63, 3.8) is 0 Å². The molecule has 0 aliphatic rings. The van der Waals surface area contributed by atoms with Gasteiger partial charge in [-0.15, -0.1) is 11.3 Å². The van der Waals surface area contributed by atoms with Crippen molar-refractivity contribution >= 4 is 27.3 Å². The fourth-order valence-corrected chi connectivity index (χ4v) is 4.89. The summed E-state index contributed by atoms with van der Waals surface area (Å²) in [6.07, 6.45) is 0. The molecule has 0 saturated heterocycles. The first-order chi connectivity index (χ1) is 11.7. The van der Waals surface area contributed by atoms with Crippen LogP contribution in [0.3, 0.4) is 0 Å². The summed E-state index contributed by atoms with van der Waals surface area (Å²) in [7, 11) is -2.10. The zero-order chi connectivity index (χ0) is 18.6. The number of methoxy groups -OCH3 is 1. The van der Waals surface area contributed by atoms with Gasteiger partial charge in [-0.25, -0.2) is 13.1 Å². The van der Waals surface area contributed by atoms with E-state index < -0.39 is 16.1 Å². The van der Waals surface area contributed by atoms with Crippen molar-refractivity contribution in [3.8, 4) is 5.75 Å². The minimum atomic E-state index is -3.66. The van der Waals surface area contributed by atoms with Gasteiger partial charge in [0, 0.05) is 23.4 Å². The summed E-state index contributed by atoms with van der Waals surface area (Å²) in [4.78, 5) is 11.7. The van der Waals surface area contributed by atoms with E-state index in [0.717, 1.165) is 27.3 Å². The molecule has 8 heteroatoms. The van der Waals surface area contributed by atoms with Crippen LogP contribution >= 0.6 is 11.3 Å². The number of carbonyl (C=O) groups is 1. The normalized spacial score (nSPS) is 12.6. The van der Waals surface area contributed by atoms with E-state index >= 15 is 0 Å². The SMILES string of the molecule is COc1ccc(C)cc1C(C)NS(=O)(=O)c1ccc(CNC(C)=O)s1. The van der Waals surface area contributed by atoms with Crippen molar-refractivity contribution in [1.29, 1.82) is 0 Å². The van der Waals surface area contributed by atoms with E-state index in [2.05, 4.69) is 10.0 Å². The number of sulfonamides is 1. The zero-order valence-electron chi connectivity index (χ0n) is 14.6. The second-order valence-corrected chi connectivity index (χ2v) is 8.83. The molecule has 1 unspecified atom stereocenters. The van der Waals surface area contributed by atoms with Crippen molar-refractivity contribution in [2.45, 2.75) is 37.6 Å². The molecule has 1 heterocycles. The van der Waals surface area contributed by atoms with Gasteiger partial charge in [0.05, 0.1) is 13.7 Å². The van der Waals surface area contributed by atoms with Crippen LogP contribution in [-0.4, -0.2) is 21.4 Å². The van der Waals surface area contributed by atoms with E-state index in [-0.39, 0.29) is 10.1 Å². The van der Waals surface area contributed by atoms with Gasteiger partial charge < -0.3 is 10.1 Å². The Hall–Kier alpha value is -1.90. The number of hydrogen-bond acceptors (Lipinski definition) is 5. The molecule has 0 fully saturated rings. The third-order valence-electron chi connectivity index (χ3n) is 3.60. The first-order valence-electron chi connectivity index (χ1n) is 7.73. The Balaban J connectivity index is 2.18. The second kappa shape index (κ2) is 7.99. The topological polar surface area (TPSA) is 84.5 Å². The lowest BCUT2D eigenvalue weighted by Crippen LogP contribution is -2.26. The van der Waals surface area contributed by atoms with Crippen LogP contribution in [0.5, 0.6) is 5.75 Å². The summed E-state index contributed by atoms with van der Waals surface area (Å²) in [5.74, 6) is 0.481. The highest BCUT2D eigenvalue weighted by Crippen LogP contribution is 2.29. The molecule has 2 rings (SSSR count). The summed E-state index contributed by atoms with van der Waals surface area (Å²) in [5.41, 5.74) is 1.80. The van der Waals surface area contributed by atoms with Crippen molar-refractivity contribution in [2.24, 2.45) is 0 Å². The molecule has 1 aromatic heterocycles. The van der Waals surface area contributed by atoms with Crippen LogP contribution in [0.1, 0.15) is 35.9 Å². The lowest BCUT2D eigenvalue weighted by Gasteiger charge is -2.17. The largest absolute Gasteiger partial charge is 0.496 e. The minimum Gasteiger partial charge on any atom is -0.496 e. The first-order valence-corrected chi connectivity index (χ1v) is 10.0. The predicted molar refractivity (Wildman–Crippen MR) is 98.3 cm³/mol. The third-order valence-corrected chi connectivity index (χ3v) is 6.71. The summed E-state index contributed by atoms with van der Waals surface area (Å²) in [6.45, 7) is 5.46. The number of thiophene rings is 1. The van der Waals surface area contributed by atoms with E-state index in [1.54, 1.807) is 26.2 Å². The fourth-order valence-electron chi connectivity index (χ4n) is 2.36. The maximum atomic E-state index is 12.6. The zero-order valence-corrected chi connectivity index (χ0v) is 16.3. The van der Waals surface area contributed by atoms with Crippen LogP contribution in [0.2, 0.25) is 0 Å². The molecule has 2 aromatic rings. The quantitative estimate of drug-likeness (QED) is 0.771. The Bertz CT molecular complexity index is 859. The Morgan fingerprint density at radius 3 is 2.64 bits per heavy atom. The van der Waals surface area contributed by atoms with Crippen LogP contribution in [0, 0.1) is 6.92 Å². The molecule has 0 bridgehead atoms. The molecule has 6 nitrogen and oxygen atoms in total. The standard InChI is InChI=1S/C17H22N2O4S2/c1-11-5-7-16(23-4)15(9-11)12(2)19-25(21,22)17-8-6-14(24-17)10-18-13(3)20/h5-9,12,19H,10H2,1-4H3,(H,18,20). The third kappa shape index (κ3) is 5.04. The summed E-state index contributed by atoms with van der Waals surface area (Å²) < 4.78 is 33.5. The second-order valence-electron chi connectivity index (χ2n) is 5.72. The Labute approximate surface area is 152 Å². The van der Waals surface area contributed by atoms with Crippen LogP contribution in [-0.2, 0) is 21.4 Å². The number of hydrogen-bond donors (Lipinski definition) is 2. The van der Waals surface area contributed by atoms with Gasteiger partial charge in [-0.2, -0.15) is 0 Å². The monoisotopic (exact) mass is 382 g/mol. The average Bonchev–Trinajstić information content (AvgIpc) is 3.02. The van der Waals surface area contributed by atoms with Gasteiger partial charge >= 0.3 is 0 Å². The smallest absolute Gasteiger partial charge is 0.250 e. The molecule has 1 atom stereocenters. The lowest BCUT2D eigenvalue weighted by molar-refractivity contribution is -0.119. The molecule has 0 spiro atoms. The molecular weight excluding hydrogens is 360 g/mol. The van der Waals surface area contributed by atoms with E-state index in [0.29, 0.717) is 12.3 Å². The maximum Gasteiger partial charge on any atom is 0.250 e. The highest BCUT2D eigenvalue weighted by atomic mass is 32.2. The Morgan fingerprint density at radius 1 is 1.28 bits per heavy atom. The minimum absolute atomic E-state index is 0.156. The molecule has 2 N–H and O–H groups in total. The van der Waals surface area contributed by atoms with Crippen LogP contribution in [0.4, 0.5) is 0 Å². The van der Waals surface area contributed by atoms with Gasteiger partial charge in [-0.1, -0.05) is 17.7 Å². The number of ether oxygens (including phenoxy) is 1. The van der Waals surface area contributed by atoms with Gasteiger partial charge in [0.15, 0.2) is 0 Å². The number of rotatable bonds is 7. The Morgan fingerprint density at radius 2 is 2.00 bits per heavy atom. The Kier molecular flexibility index (Phi) is 6.21. The average molecular weight is 383 g/mol. The number of benzene rings is 1. The van der Waals surface area contributed by atoms with E-state index in [1.807, 2.05) is 25.1 Å². The maximum absolute atomic E-state index is 12.6. The molecule has 0 radical (unpaired) electrons. The van der Waals surface area contributed by atoms with Gasteiger partial charge in [0.1, 0.15) is 9.96 Å². The number of aryl methyl sites for hydroxylation is 1. The number of nitrogens with one attached hydrogen (secondary N) is 2. The van der Waals surface area contributed by atoms with Crippen LogP contribution < -0.4 is 14.8 Å². The summed E-state index contributed by atoms with van der Waals surface area (Å²) in [5, 5.41) is 2.65. The fraction of sp³-hybridized carbons (Fsp3) is 0.353. The van der Waals surface area contributed by atoms with Gasteiger partial charge in [0.25, 0.3) is 10.0 Å². The summed E-state index contributed by atoms with van der Waals surface area (Å²) in [6, 6.07) is 8.45. The highest BCUT2D eigenvalue weighted by molar-refractivity contribution is 7.91. The van der Waals surface area contributed by atoms with Crippen molar-refractivity contribution in [3.05, 3.63) is 46.3 Å². The van der Waals surface area contributed by atoms with Crippen LogP contribution in [0.15, 0.2) is 34.5 Å². The van der Waals surface area contributed by atoms with Crippen molar-refractivity contribution in [2.75, 3.05) is 7.11 Å². The molecule has 1 aromatic carbocycles. The highest BCUT2D eigenvalue weighted by Gasteiger charge is 2.22. The van der Waals surface area contributed by atoms with Gasteiger partial charge in [0.2, 0.25) is 5.91 Å². The molecule has 0 aliphatic heterocycles. The van der Waals surface area contributed by atoms with Gasteiger partial charge in [-0.3, -0.25) is 4.79 Å². The van der Waals surface area contributed by atoms with Crippen LogP contribution in [0.25, 0.3) is 0 Å². The number of carbonyl (C=O) groups excluding carboxylic acids is 1. The molecular formula is C17H22N2O4S2.